The van der Waals surface area contributed by atoms with Gasteiger partial charge < -0.3 is 19.7 Å². The highest BCUT2D eigenvalue weighted by atomic mass is 16.7. The van der Waals surface area contributed by atoms with Crippen LogP contribution in [0.15, 0.2) is 0 Å². The van der Waals surface area contributed by atoms with Crippen LogP contribution in [0, 0.1) is 52.3 Å². The number of Topliss-reactive ketones (excluding diaryl/α,β-unsaturated/α-hetero) is 1. The SMILES string of the molecule is CC1CCC2(OC1)O[C@H]1CC3C4CC[C@H]5C[C@@H](O)CC[C@@]5(C)C4C(=O)[C@@H](O)C3(C)C1[C@@H]2C. The van der Waals surface area contributed by atoms with Crippen LogP contribution in [0.4, 0.5) is 0 Å². The molecule has 1 spiro atoms. The first-order valence-corrected chi connectivity index (χ1v) is 13.3. The van der Waals surface area contributed by atoms with E-state index in [0.29, 0.717) is 23.7 Å². The zero-order valence-electron chi connectivity index (χ0n) is 20.3. The average molecular weight is 447 g/mol. The van der Waals surface area contributed by atoms with Crippen molar-refractivity contribution in [1.29, 1.82) is 0 Å². The van der Waals surface area contributed by atoms with E-state index in [0.717, 1.165) is 58.0 Å². The Kier molecular flexibility index (Phi) is 4.83. The molecular weight excluding hydrogens is 404 g/mol. The van der Waals surface area contributed by atoms with E-state index in [1.807, 2.05) is 0 Å². The van der Waals surface area contributed by atoms with Gasteiger partial charge in [0.1, 0.15) is 6.10 Å². The molecule has 0 amide bonds. The van der Waals surface area contributed by atoms with Crippen molar-refractivity contribution in [2.24, 2.45) is 52.3 Å². The first-order chi connectivity index (χ1) is 15.1. The summed E-state index contributed by atoms with van der Waals surface area (Å²) in [4.78, 5) is 14.0. The second-order valence-corrected chi connectivity index (χ2v) is 13.1. The molecule has 2 N–H and O–H groups in total. The predicted octanol–water partition coefficient (Wildman–Crippen LogP) is 3.94. The van der Waals surface area contributed by atoms with Gasteiger partial charge in [0.25, 0.3) is 0 Å². The van der Waals surface area contributed by atoms with Gasteiger partial charge in [-0.3, -0.25) is 4.79 Å². The molecule has 0 aromatic carbocycles. The van der Waals surface area contributed by atoms with E-state index in [9.17, 15) is 15.0 Å². The van der Waals surface area contributed by atoms with Crippen LogP contribution in [0.1, 0.15) is 79.1 Å². The zero-order valence-corrected chi connectivity index (χ0v) is 20.3. The maximum absolute atomic E-state index is 14.0. The number of hydrogen-bond donors (Lipinski definition) is 2. The molecule has 2 heterocycles. The molecule has 6 rings (SSSR count). The van der Waals surface area contributed by atoms with E-state index in [1.54, 1.807) is 0 Å². The predicted molar refractivity (Wildman–Crippen MR) is 120 cm³/mol. The van der Waals surface area contributed by atoms with Crippen molar-refractivity contribution < 1.29 is 24.5 Å². The van der Waals surface area contributed by atoms with Crippen LogP contribution in [0.2, 0.25) is 0 Å². The van der Waals surface area contributed by atoms with Crippen LogP contribution in [0.25, 0.3) is 0 Å². The van der Waals surface area contributed by atoms with E-state index in [2.05, 4.69) is 27.7 Å². The Labute approximate surface area is 192 Å². The van der Waals surface area contributed by atoms with Crippen molar-refractivity contribution in [2.75, 3.05) is 6.61 Å². The Morgan fingerprint density at radius 2 is 1.78 bits per heavy atom. The number of ether oxygens (including phenoxy) is 2. The van der Waals surface area contributed by atoms with Crippen LogP contribution < -0.4 is 0 Å². The second-order valence-electron chi connectivity index (χ2n) is 13.1. The maximum atomic E-state index is 14.0. The monoisotopic (exact) mass is 446 g/mol. The number of aliphatic hydroxyl groups is 2. The van der Waals surface area contributed by atoms with Crippen molar-refractivity contribution in [3.8, 4) is 0 Å². The average Bonchev–Trinajstić information content (AvgIpc) is 3.20. The summed E-state index contributed by atoms with van der Waals surface area (Å²) in [7, 11) is 0. The van der Waals surface area contributed by atoms with Crippen molar-refractivity contribution in [3.63, 3.8) is 0 Å². The van der Waals surface area contributed by atoms with Crippen molar-refractivity contribution >= 4 is 5.78 Å². The minimum atomic E-state index is -0.921. The van der Waals surface area contributed by atoms with Gasteiger partial charge in [-0.05, 0) is 74.0 Å². The summed E-state index contributed by atoms with van der Waals surface area (Å²) in [6, 6.07) is 0. The van der Waals surface area contributed by atoms with Gasteiger partial charge in [0.05, 0.1) is 18.8 Å². The van der Waals surface area contributed by atoms with Crippen molar-refractivity contribution in [3.05, 3.63) is 0 Å². The van der Waals surface area contributed by atoms with Gasteiger partial charge in [0.2, 0.25) is 0 Å². The number of ketones is 1. The number of carbonyl (C=O) groups is 1. The number of carbonyl (C=O) groups excluding carboxylic acids is 1. The lowest BCUT2D eigenvalue weighted by molar-refractivity contribution is -0.273. The molecule has 0 aromatic rings. The Bertz CT molecular complexity index is 789. The van der Waals surface area contributed by atoms with E-state index >= 15 is 0 Å². The molecule has 5 nitrogen and oxygen atoms in total. The summed E-state index contributed by atoms with van der Waals surface area (Å²) in [5, 5.41) is 22.0. The summed E-state index contributed by atoms with van der Waals surface area (Å²) in [5.74, 6) is 1.45. The first kappa shape index (κ1) is 22.0. The fourth-order valence-corrected chi connectivity index (χ4v) is 10.0. The van der Waals surface area contributed by atoms with Gasteiger partial charge in [-0.15, -0.1) is 0 Å². The molecule has 6 fully saturated rings. The van der Waals surface area contributed by atoms with Crippen molar-refractivity contribution in [2.45, 2.75) is 103 Å². The largest absolute Gasteiger partial charge is 0.393 e. The third-order valence-electron chi connectivity index (χ3n) is 11.8. The molecule has 4 aliphatic carbocycles. The van der Waals surface area contributed by atoms with Gasteiger partial charge in [0.15, 0.2) is 11.6 Å². The normalized spacial score (nSPS) is 61.8. The summed E-state index contributed by atoms with van der Waals surface area (Å²) >= 11 is 0. The molecule has 0 aromatic heterocycles. The molecule has 7 unspecified atom stereocenters. The molecule has 6 aliphatic rings. The maximum Gasteiger partial charge on any atom is 0.171 e. The van der Waals surface area contributed by atoms with Gasteiger partial charge >= 0.3 is 0 Å². The molecular formula is C27H42O5. The second kappa shape index (κ2) is 7.02. The van der Waals surface area contributed by atoms with Crippen molar-refractivity contribution in [1.82, 2.24) is 0 Å². The highest BCUT2D eigenvalue weighted by Crippen LogP contribution is 2.70. The minimum Gasteiger partial charge on any atom is -0.393 e. The fraction of sp³-hybridized carbons (Fsp3) is 0.963. The van der Waals surface area contributed by atoms with Crippen LogP contribution >= 0.6 is 0 Å². The Hall–Kier alpha value is -0.490. The van der Waals surface area contributed by atoms with Crippen LogP contribution in [0.5, 0.6) is 0 Å². The lowest BCUT2D eigenvalue weighted by Crippen LogP contribution is -2.64. The lowest BCUT2D eigenvalue weighted by Gasteiger charge is -2.61. The summed E-state index contributed by atoms with van der Waals surface area (Å²) in [6.45, 7) is 9.70. The Morgan fingerprint density at radius 1 is 1.00 bits per heavy atom. The molecule has 180 valence electrons. The van der Waals surface area contributed by atoms with Gasteiger partial charge in [-0.25, -0.2) is 0 Å². The number of hydrogen-bond acceptors (Lipinski definition) is 5. The molecule has 4 saturated carbocycles. The third kappa shape index (κ3) is 2.63. The molecule has 0 radical (unpaired) electrons. The standard InChI is InChI=1S/C27H42O5/c1-14-7-10-27(31-13-14)15(2)21-20(32-27)12-19-18-6-5-16-11-17(28)8-9-25(16,3)22(18)23(29)24(30)26(19,21)4/h14-22,24,28,30H,5-13H2,1-4H3/t14?,15-,16-,17-,18?,19?,20-,21?,22?,24+,25+,26?,27?/m0/s1. The molecule has 0 bridgehead atoms. The molecule has 32 heavy (non-hydrogen) atoms. The van der Waals surface area contributed by atoms with Gasteiger partial charge in [-0.1, -0.05) is 27.7 Å². The minimum absolute atomic E-state index is 0.0725. The van der Waals surface area contributed by atoms with Crippen LogP contribution in [-0.2, 0) is 14.3 Å². The first-order valence-electron chi connectivity index (χ1n) is 13.3. The van der Waals surface area contributed by atoms with E-state index < -0.39 is 17.3 Å². The topological polar surface area (TPSA) is 76.0 Å². The van der Waals surface area contributed by atoms with E-state index in [-0.39, 0.29) is 41.2 Å². The summed E-state index contributed by atoms with van der Waals surface area (Å²) in [6.07, 6.45) is 6.54. The highest BCUT2D eigenvalue weighted by molar-refractivity contribution is 5.88. The molecule has 13 atom stereocenters. The molecule has 2 saturated heterocycles. The van der Waals surface area contributed by atoms with E-state index in [4.69, 9.17) is 9.47 Å². The smallest absolute Gasteiger partial charge is 0.171 e. The van der Waals surface area contributed by atoms with Crippen LogP contribution in [-0.4, -0.2) is 46.7 Å². The highest BCUT2D eigenvalue weighted by Gasteiger charge is 2.73. The van der Waals surface area contributed by atoms with Gasteiger partial charge in [0, 0.05) is 29.6 Å². The summed E-state index contributed by atoms with van der Waals surface area (Å²) < 4.78 is 13.1. The molecule has 5 heteroatoms. The fourth-order valence-electron chi connectivity index (χ4n) is 10.0. The number of aliphatic hydroxyl groups excluding tert-OH is 2. The Morgan fingerprint density at radius 3 is 2.50 bits per heavy atom. The van der Waals surface area contributed by atoms with Gasteiger partial charge in [-0.2, -0.15) is 0 Å². The van der Waals surface area contributed by atoms with Crippen LogP contribution in [0.3, 0.4) is 0 Å². The number of rotatable bonds is 0. The molecule has 2 aliphatic heterocycles. The third-order valence-corrected chi connectivity index (χ3v) is 11.8. The quantitative estimate of drug-likeness (QED) is 0.589. The zero-order chi connectivity index (χ0) is 22.6. The number of fused-ring (bicyclic) bond motifs is 7. The Balaban J connectivity index is 1.34. The lowest BCUT2D eigenvalue weighted by atomic mass is 9.43. The van der Waals surface area contributed by atoms with E-state index in [1.165, 1.54) is 0 Å². The summed E-state index contributed by atoms with van der Waals surface area (Å²) in [5.41, 5.74) is -0.523.